The lowest BCUT2D eigenvalue weighted by Gasteiger charge is -2.29. The average Bonchev–Trinajstić information content (AvgIpc) is 1.54. The van der Waals surface area contributed by atoms with Crippen LogP contribution in [0.25, 0.3) is 0 Å². The normalized spacial score (nSPS) is 21.5. The molecule has 29 nitrogen and oxygen atoms in total. The van der Waals surface area contributed by atoms with Crippen molar-refractivity contribution in [3.63, 3.8) is 0 Å². The number of aromatic hydroxyl groups is 1. The first-order chi connectivity index (χ1) is 42.8. The molecule has 21 N–H and O–H groups in total. The van der Waals surface area contributed by atoms with Gasteiger partial charge in [0.05, 0.1) is 18.6 Å². The van der Waals surface area contributed by atoms with Gasteiger partial charge >= 0.3 is 12.1 Å². The summed E-state index contributed by atoms with van der Waals surface area (Å²) < 4.78 is 0. The standard InChI is InChI=1S/C58H72ClN15O14S2/c1-29(75)47-56(86)71-45(54(84)67-40(48(62)78)23-33-11-19-37(76)20-12-33)28-90-89-27-44(70-49(79)38(61)22-30-5-13-34(59)14-6-30)55(85)69-42(25-31-7-15-35(16-8-31)64-51(81)43-26-46(77)73-58(88)72-43)53(83)68-41(24-32-9-17-36(18-10-32)65-57(63)87)52(82)66-39(50(80)74-47)4-2-3-21-60/h5-20,29,38-45,47,75-76H,2-4,21-28,60-61H2,1H3,(H2,62,78)(H,64,81)(H,66,82)(H,67,84)(H,68,83)(H,69,85)(H,70,79)(H,71,86)(H,74,80)(H3,63,65,87)(H2,72,73,77,88)/t29-,38+,39?,40-,41?,42+,43+,44?,45+,47+/m1/s1. The number of anilines is 2. The Kier molecular flexibility index (Phi) is 26.5. The predicted molar refractivity (Wildman–Crippen MR) is 334 cm³/mol. The summed E-state index contributed by atoms with van der Waals surface area (Å²) in [6.07, 6.45) is -2.28. The summed E-state index contributed by atoms with van der Waals surface area (Å²) >= 11 is 6.10. The summed E-state index contributed by atoms with van der Waals surface area (Å²) in [5.41, 5.74) is 25.7. The third-order valence-electron chi connectivity index (χ3n) is 14.1. The minimum Gasteiger partial charge on any atom is -0.508 e. The van der Waals surface area contributed by atoms with E-state index in [0.717, 1.165) is 21.6 Å². The molecule has 4 aromatic carbocycles. The van der Waals surface area contributed by atoms with Gasteiger partial charge in [-0.2, -0.15) is 0 Å². The molecule has 90 heavy (non-hydrogen) atoms. The Bertz CT molecular complexity index is 3230. The number of imide groups is 1. The Morgan fingerprint density at radius 1 is 0.622 bits per heavy atom. The first-order valence-electron chi connectivity index (χ1n) is 28.3. The van der Waals surface area contributed by atoms with Crippen LogP contribution in [-0.2, 0) is 73.6 Å². The zero-order valence-electron chi connectivity index (χ0n) is 48.6. The van der Waals surface area contributed by atoms with Crippen LogP contribution in [-0.4, -0.2) is 160 Å². The molecule has 32 heteroatoms. The number of aliphatic hydroxyl groups excluding tert-OH is 1. The lowest BCUT2D eigenvalue weighted by Crippen LogP contribution is -2.62. The smallest absolute Gasteiger partial charge is 0.322 e. The van der Waals surface area contributed by atoms with Crippen molar-refractivity contribution in [2.24, 2.45) is 22.9 Å². The van der Waals surface area contributed by atoms with E-state index in [4.69, 9.17) is 34.5 Å². The van der Waals surface area contributed by atoms with Crippen LogP contribution in [0.15, 0.2) is 97.1 Å². The van der Waals surface area contributed by atoms with Gasteiger partial charge in [0.2, 0.25) is 59.1 Å². The highest BCUT2D eigenvalue weighted by Crippen LogP contribution is 2.25. The van der Waals surface area contributed by atoms with Crippen molar-refractivity contribution in [2.75, 3.05) is 28.7 Å². The molecule has 14 amide bonds. The molecule has 0 spiro atoms. The fourth-order valence-corrected chi connectivity index (χ4v) is 11.6. The number of primary amides is 2. The second-order valence-electron chi connectivity index (χ2n) is 21.2. The van der Waals surface area contributed by atoms with Gasteiger partial charge in [0.1, 0.15) is 54.1 Å². The molecule has 2 heterocycles. The molecular formula is C58H72ClN15O14S2. The number of phenolic OH excluding ortho intramolecular Hbond substituents is 1. The highest BCUT2D eigenvalue weighted by Gasteiger charge is 2.37. The van der Waals surface area contributed by atoms with E-state index >= 15 is 4.79 Å². The van der Waals surface area contributed by atoms with Crippen molar-refractivity contribution >= 4 is 116 Å². The Balaban J connectivity index is 1.41. The molecule has 2 saturated heterocycles. The van der Waals surface area contributed by atoms with Gasteiger partial charge in [-0.05, 0) is 110 Å². The third kappa shape index (κ3) is 22.2. The van der Waals surface area contributed by atoms with Crippen molar-refractivity contribution in [1.82, 2.24) is 47.9 Å². The summed E-state index contributed by atoms with van der Waals surface area (Å²) in [7, 11) is 1.83. The topological polar surface area (TPSA) is 482 Å². The van der Waals surface area contributed by atoms with Crippen LogP contribution in [0, 0.1) is 0 Å². The van der Waals surface area contributed by atoms with Crippen LogP contribution in [0.3, 0.4) is 0 Å². The van der Waals surface area contributed by atoms with E-state index < -0.39 is 132 Å². The maximum atomic E-state index is 15.1. The number of urea groups is 2. The molecule has 0 aromatic heterocycles. The Morgan fingerprint density at radius 2 is 1.16 bits per heavy atom. The summed E-state index contributed by atoms with van der Waals surface area (Å²) in [5, 5.41) is 49.1. The van der Waals surface area contributed by atoms with Crippen LogP contribution < -0.4 is 81.4 Å². The SMILES string of the molecule is C[C@@H](O)[C@@H]1NC(=O)C(CCCCN)NC(=O)C(Cc2ccc(NC(N)=O)cc2)NC(=O)[C@H](Cc2ccc(NC(=O)[C@@H]3CC(=O)NC(=O)N3)cc2)NC(=O)C(NC(=O)[C@@H](N)Cc2ccc(Cl)cc2)CSSC[C@@H](C(=O)N[C@H](Cc2ccc(O)cc2)C(N)=O)NC1=O. The molecule has 4 aromatic rings. The minimum atomic E-state index is -1.80. The number of amides is 14. The quantitative estimate of drug-likeness (QED) is 0.0332. The second kappa shape index (κ2) is 34.1. The number of carbonyl (C=O) groups excluding carboxylic acids is 12. The monoisotopic (exact) mass is 1300 g/mol. The minimum absolute atomic E-state index is 0.0174. The second-order valence-corrected chi connectivity index (χ2v) is 24.2. The van der Waals surface area contributed by atoms with E-state index in [-0.39, 0.29) is 80.1 Å². The number of hydrogen-bond donors (Lipinski definition) is 17. The van der Waals surface area contributed by atoms with Crippen molar-refractivity contribution in [3.8, 4) is 5.75 Å². The highest BCUT2D eigenvalue weighted by atomic mass is 35.5. The number of rotatable bonds is 21. The van der Waals surface area contributed by atoms with E-state index in [1.165, 1.54) is 79.7 Å². The van der Waals surface area contributed by atoms with Gasteiger partial charge in [0.25, 0.3) is 0 Å². The number of phenols is 1. The predicted octanol–water partition coefficient (Wildman–Crippen LogP) is -1.55. The van der Waals surface area contributed by atoms with Crippen molar-refractivity contribution < 1.29 is 67.7 Å². The molecule has 2 aliphatic rings. The molecule has 482 valence electrons. The van der Waals surface area contributed by atoms with Crippen LogP contribution in [0.2, 0.25) is 5.02 Å². The van der Waals surface area contributed by atoms with Crippen molar-refractivity contribution in [1.29, 1.82) is 0 Å². The molecule has 2 aliphatic heterocycles. The number of carbonyl (C=O) groups is 12. The largest absolute Gasteiger partial charge is 0.508 e. The van der Waals surface area contributed by atoms with Crippen LogP contribution in [0.4, 0.5) is 21.0 Å². The van der Waals surface area contributed by atoms with Gasteiger partial charge in [-0.3, -0.25) is 53.3 Å². The first-order valence-corrected chi connectivity index (χ1v) is 31.2. The maximum Gasteiger partial charge on any atom is 0.322 e. The van der Waals surface area contributed by atoms with Crippen LogP contribution in [0.1, 0.15) is 54.9 Å². The number of nitrogens with two attached hydrogens (primary N) is 4. The van der Waals surface area contributed by atoms with Crippen LogP contribution >= 0.6 is 33.2 Å². The van der Waals surface area contributed by atoms with Gasteiger partial charge < -0.3 is 86.3 Å². The maximum absolute atomic E-state index is 15.1. The molecule has 10 atom stereocenters. The molecule has 6 rings (SSSR count). The molecular weight excluding hydrogens is 1230 g/mol. The number of halogens is 1. The molecule has 3 unspecified atom stereocenters. The Labute approximate surface area is 529 Å². The summed E-state index contributed by atoms with van der Waals surface area (Å²) in [5.74, 6) is -9.80. The van der Waals surface area contributed by atoms with Gasteiger partial charge in [-0.15, -0.1) is 0 Å². The van der Waals surface area contributed by atoms with Crippen molar-refractivity contribution in [3.05, 3.63) is 124 Å². The zero-order valence-corrected chi connectivity index (χ0v) is 51.0. The van der Waals surface area contributed by atoms with Crippen LogP contribution in [0.5, 0.6) is 5.75 Å². The number of hydrogen-bond acceptors (Lipinski definition) is 18. The van der Waals surface area contributed by atoms with Crippen molar-refractivity contribution in [2.45, 2.75) is 119 Å². The lowest BCUT2D eigenvalue weighted by molar-refractivity contribution is -0.136. The zero-order chi connectivity index (χ0) is 65.6. The Morgan fingerprint density at radius 3 is 1.72 bits per heavy atom. The average molecular weight is 1300 g/mol. The fourth-order valence-electron chi connectivity index (χ4n) is 9.18. The number of aliphatic hydroxyl groups is 1. The third-order valence-corrected chi connectivity index (χ3v) is 16.7. The summed E-state index contributed by atoms with van der Waals surface area (Å²) in [4.78, 5) is 163. The first kappa shape index (κ1) is 70.1. The molecule has 0 bridgehead atoms. The summed E-state index contributed by atoms with van der Waals surface area (Å²) in [6, 6.07) is 8.98. The highest BCUT2D eigenvalue weighted by molar-refractivity contribution is 8.76. The lowest BCUT2D eigenvalue weighted by atomic mass is 10.0. The van der Waals surface area contributed by atoms with Gasteiger partial charge in [-0.25, -0.2) is 9.59 Å². The van der Waals surface area contributed by atoms with E-state index in [0.29, 0.717) is 33.7 Å². The Hall–Kier alpha value is -9.01. The molecule has 0 aliphatic carbocycles. The molecule has 2 fully saturated rings. The van der Waals surface area contributed by atoms with E-state index in [1.54, 1.807) is 24.3 Å². The van der Waals surface area contributed by atoms with Gasteiger partial charge in [0.15, 0.2) is 0 Å². The van der Waals surface area contributed by atoms with Gasteiger partial charge in [-0.1, -0.05) is 81.7 Å². The fraction of sp³-hybridized carbons (Fsp3) is 0.379. The molecule has 0 saturated carbocycles. The number of nitrogens with one attached hydrogen (secondary N) is 11. The summed E-state index contributed by atoms with van der Waals surface area (Å²) in [6.45, 7) is 1.37. The molecule has 0 radical (unpaired) electrons. The number of benzene rings is 4. The van der Waals surface area contributed by atoms with Gasteiger partial charge in [0, 0.05) is 47.2 Å². The van der Waals surface area contributed by atoms with E-state index in [9.17, 15) is 63.0 Å². The van der Waals surface area contributed by atoms with E-state index in [1.807, 2.05) is 5.32 Å². The van der Waals surface area contributed by atoms with E-state index in [2.05, 4.69) is 53.2 Å². The number of unbranched alkanes of at least 4 members (excludes halogenated alkanes) is 1.